The van der Waals surface area contributed by atoms with Crippen molar-refractivity contribution in [2.75, 3.05) is 37.8 Å². The highest BCUT2D eigenvalue weighted by molar-refractivity contribution is 7.92. The summed E-state index contributed by atoms with van der Waals surface area (Å²) in [5.74, 6) is 0.241. The summed E-state index contributed by atoms with van der Waals surface area (Å²) in [6.07, 6.45) is 0.919. The van der Waals surface area contributed by atoms with Crippen LogP contribution in [0, 0.1) is 0 Å². The number of likely N-dealkylation sites (N-methyl/N-ethyl adjacent to an activating group) is 1. The lowest BCUT2D eigenvalue weighted by atomic mass is 10.1. The van der Waals surface area contributed by atoms with Crippen molar-refractivity contribution < 1.29 is 17.9 Å². The molecule has 0 aromatic heterocycles. The smallest absolute Gasteiger partial charge is 0.261 e. The second kappa shape index (κ2) is 10.3. The van der Waals surface area contributed by atoms with Gasteiger partial charge in [-0.3, -0.25) is 9.52 Å². The van der Waals surface area contributed by atoms with E-state index in [4.69, 9.17) is 4.74 Å². The minimum absolute atomic E-state index is 0.00000132. The molecule has 0 bridgehead atoms. The maximum atomic E-state index is 12.8. The van der Waals surface area contributed by atoms with Gasteiger partial charge in [0.15, 0.2) is 0 Å². The van der Waals surface area contributed by atoms with E-state index in [1.54, 1.807) is 36.4 Å². The Hall–Kier alpha value is -3.36. The highest BCUT2D eigenvalue weighted by Gasteiger charge is 2.17. The average Bonchev–Trinajstić information content (AvgIpc) is 2.79. The van der Waals surface area contributed by atoms with Crippen LogP contribution < -0.4 is 14.8 Å². The predicted molar refractivity (Wildman–Crippen MR) is 127 cm³/mol. The van der Waals surface area contributed by atoms with E-state index in [1.165, 1.54) is 24.8 Å². The Morgan fingerprint density at radius 2 is 1.59 bits per heavy atom. The zero-order valence-electron chi connectivity index (χ0n) is 18.3. The zero-order chi connectivity index (χ0) is 23.1. The van der Waals surface area contributed by atoms with Crippen LogP contribution in [-0.2, 0) is 16.4 Å². The van der Waals surface area contributed by atoms with Gasteiger partial charge in [0.25, 0.3) is 15.9 Å². The first-order valence-corrected chi connectivity index (χ1v) is 11.6. The molecule has 0 spiro atoms. The highest BCUT2D eigenvalue weighted by atomic mass is 32.2. The topological polar surface area (TPSA) is 87.7 Å². The Bertz CT molecular complexity index is 1160. The average molecular weight is 454 g/mol. The molecule has 0 saturated heterocycles. The molecular weight excluding hydrogens is 426 g/mol. The van der Waals surface area contributed by atoms with Crippen LogP contribution in [0.2, 0.25) is 0 Å². The van der Waals surface area contributed by atoms with E-state index in [0.29, 0.717) is 17.1 Å². The van der Waals surface area contributed by atoms with Crippen molar-refractivity contribution in [3.05, 3.63) is 83.9 Å². The Morgan fingerprint density at radius 3 is 2.22 bits per heavy atom. The molecule has 0 heterocycles. The van der Waals surface area contributed by atoms with Gasteiger partial charge in [0.05, 0.1) is 12.0 Å². The number of amides is 1. The summed E-state index contributed by atoms with van der Waals surface area (Å²) < 4.78 is 33.1. The molecule has 0 atom stereocenters. The maximum Gasteiger partial charge on any atom is 0.261 e. The van der Waals surface area contributed by atoms with E-state index in [9.17, 15) is 13.2 Å². The first kappa shape index (κ1) is 23.3. The number of ether oxygens (including phenoxy) is 1. The summed E-state index contributed by atoms with van der Waals surface area (Å²) >= 11 is 0. The number of anilines is 2. The molecule has 3 aromatic rings. The van der Waals surface area contributed by atoms with Crippen LogP contribution in [-0.4, -0.2) is 47.0 Å². The largest absolute Gasteiger partial charge is 0.497 e. The van der Waals surface area contributed by atoms with Crippen molar-refractivity contribution >= 4 is 27.3 Å². The number of sulfonamides is 1. The number of carbonyl (C=O) groups is 1. The Labute approximate surface area is 189 Å². The fraction of sp³-hybridized carbons (Fsp3) is 0.208. The molecule has 32 heavy (non-hydrogen) atoms. The van der Waals surface area contributed by atoms with Gasteiger partial charge in [-0.15, -0.1) is 0 Å². The second-order valence-corrected chi connectivity index (χ2v) is 9.25. The van der Waals surface area contributed by atoms with Gasteiger partial charge in [-0.05, 0) is 80.7 Å². The normalized spacial score (nSPS) is 11.2. The minimum Gasteiger partial charge on any atom is -0.497 e. The van der Waals surface area contributed by atoms with Crippen LogP contribution in [0.5, 0.6) is 5.75 Å². The van der Waals surface area contributed by atoms with Gasteiger partial charge >= 0.3 is 0 Å². The van der Waals surface area contributed by atoms with Crippen molar-refractivity contribution in [1.82, 2.24) is 4.90 Å². The molecule has 3 aromatic carbocycles. The van der Waals surface area contributed by atoms with Crippen molar-refractivity contribution in [2.45, 2.75) is 11.3 Å². The molecule has 0 radical (unpaired) electrons. The summed E-state index contributed by atoms with van der Waals surface area (Å²) in [5.41, 5.74) is 2.47. The molecule has 0 fully saturated rings. The zero-order valence-corrected chi connectivity index (χ0v) is 19.1. The molecule has 8 heteroatoms. The van der Waals surface area contributed by atoms with Crippen molar-refractivity contribution in [1.29, 1.82) is 0 Å². The van der Waals surface area contributed by atoms with Crippen molar-refractivity contribution in [2.24, 2.45) is 0 Å². The fourth-order valence-corrected chi connectivity index (χ4v) is 4.09. The minimum atomic E-state index is -3.86. The highest BCUT2D eigenvalue weighted by Crippen LogP contribution is 2.20. The SMILES string of the molecule is COc1ccc(NS(=O)(=O)c2cccc(C(=O)Nc3ccc(CCN(C)C)cc3)c2)cc1. The lowest BCUT2D eigenvalue weighted by Crippen LogP contribution is -2.16. The molecule has 168 valence electrons. The van der Waals surface area contributed by atoms with E-state index >= 15 is 0 Å². The van der Waals surface area contributed by atoms with Crippen LogP contribution in [0.4, 0.5) is 11.4 Å². The van der Waals surface area contributed by atoms with Crippen LogP contribution in [0.15, 0.2) is 77.7 Å². The molecule has 0 aliphatic carbocycles. The fourth-order valence-electron chi connectivity index (χ4n) is 2.99. The molecule has 0 aliphatic heterocycles. The number of benzene rings is 3. The molecule has 0 aliphatic rings. The quantitative estimate of drug-likeness (QED) is 0.514. The third-order valence-electron chi connectivity index (χ3n) is 4.81. The van der Waals surface area contributed by atoms with E-state index in [1.807, 2.05) is 38.4 Å². The molecule has 7 nitrogen and oxygen atoms in total. The lowest BCUT2D eigenvalue weighted by molar-refractivity contribution is 0.102. The molecule has 2 N–H and O–H groups in total. The molecule has 3 rings (SSSR count). The van der Waals surface area contributed by atoms with Gasteiger partial charge in [0, 0.05) is 23.5 Å². The van der Waals surface area contributed by atoms with Crippen LogP contribution in [0.1, 0.15) is 15.9 Å². The van der Waals surface area contributed by atoms with Crippen LogP contribution >= 0.6 is 0 Å². The summed E-state index contributed by atoms with van der Waals surface area (Å²) in [6, 6.07) is 20.1. The lowest BCUT2D eigenvalue weighted by Gasteiger charge is -2.11. The van der Waals surface area contributed by atoms with E-state index in [2.05, 4.69) is 14.9 Å². The first-order valence-electron chi connectivity index (χ1n) is 10.1. The van der Waals surface area contributed by atoms with Gasteiger partial charge in [0.1, 0.15) is 5.75 Å². The third-order valence-corrected chi connectivity index (χ3v) is 6.19. The monoisotopic (exact) mass is 453 g/mol. The van der Waals surface area contributed by atoms with Crippen molar-refractivity contribution in [3.8, 4) is 5.75 Å². The Balaban J connectivity index is 1.69. The van der Waals surface area contributed by atoms with E-state index < -0.39 is 10.0 Å². The summed E-state index contributed by atoms with van der Waals surface area (Å²) in [6.45, 7) is 0.942. The van der Waals surface area contributed by atoms with E-state index in [0.717, 1.165) is 13.0 Å². The van der Waals surface area contributed by atoms with Gasteiger partial charge in [-0.2, -0.15) is 0 Å². The van der Waals surface area contributed by atoms with Gasteiger partial charge in [-0.1, -0.05) is 18.2 Å². The number of hydrogen-bond donors (Lipinski definition) is 2. The molecule has 0 saturated carbocycles. The predicted octanol–water partition coefficient (Wildman–Crippen LogP) is 3.85. The van der Waals surface area contributed by atoms with Gasteiger partial charge < -0.3 is 15.0 Å². The number of hydrogen-bond acceptors (Lipinski definition) is 5. The number of nitrogens with zero attached hydrogens (tertiary/aromatic N) is 1. The maximum absolute atomic E-state index is 12.8. The number of rotatable bonds is 9. The molecular formula is C24H27N3O4S. The Kier molecular flexibility index (Phi) is 7.50. The van der Waals surface area contributed by atoms with Crippen LogP contribution in [0.25, 0.3) is 0 Å². The standard InChI is InChI=1S/C24H27N3O4S/c1-27(2)16-15-18-7-9-20(10-8-18)25-24(28)19-5-4-6-23(17-19)32(29,30)26-21-11-13-22(31-3)14-12-21/h4-14,17,26H,15-16H2,1-3H3,(H,25,28). The summed E-state index contributed by atoms with van der Waals surface area (Å²) in [7, 11) is 1.73. The van der Waals surface area contributed by atoms with Crippen molar-refractivity contribution in [3.63, 3.8) is 0 Å². The molecule has 1 amide bonds. The number of carbonyl (C=O) groups excluding carboxylic acids is 1. The number of nitrogens with one attached hydrogen (secondary N) is 2. The van der Waals surface area contributed by atoms with E-state index in [-0.39, 0.29) is 16.4 Å². The van der Waals surface area contributed by atoms with Crippen LogP contribution in [0.3, 0.4) is 0 Å². The number of methoxy groups -OCH3 is 1. The summed E-state index contributed by atoms with van der Waals surface area (Å²) in [5, 5.41) is 2.81. The second-order valence-electron chi connectivity index (χ2n) is 7.57. The summed E-state index contributed by atoms with van der Waals surface area (Å²) in [4.78, 5) is 14.8. The third kappa shape index (κ3) is 6.32. The Morgan fingerprint density at radius 1 is 0.938 bits per heavy atom. The molecule has 0 unspecified atom stereocenters. The van der Waals surface area contributed by atoms with Gasteiger partial charge in [0.2, 0.25) is 0 Å². The first-order chi connectivity index (χ1) is 15.3. The van der Waals surface area contributed by atoms with Gasteiger partial charge in [-0.25, -0.2) is 8.42 Å².